The van der Waals surface area contributed by atoms with Gasteiger partial charge in [0, 0.05) is 24.9 Å². The fourth-order valence-corrected chi connectivity index (χ4v) is 2.85. The lowest BCUT2D eigenvalue weighted by atomic mass is 9.93. The first-order valence-electron chi connectivity index (χ1n) is 8.60. The number of furan rings is 1. The zero-order chi connectivity index (χ0) is 17.5. The lowest BCUT2D eigenvalue weighted by Gasteiger charge is -2.15. The molecule has 2 heterocycles. The molecule has 3 aromatic rings. The van der Waals surface area contributed by atoms with Crippen molar-refractivity contribution in [1.29, 1.82) is 0 Å². The minimum atomic E-state index is -0.211. The fraction of sp³-hybridized carbons (Fsp3) is 0.300. The van der Waals surface area contributed by atoms with Crippen molar-refractivity contribution in [1.82, 2.24) is 10.5 Å². The summed E-state index contributed by atoms with van der Waals surface area (Å²) in [6.07, 6.45) is 4.16. The molecule has 0 radical (unpaired) electrons. The normalized spacial score (nSPS) is 12.0. The van der Waals surface area contributed by atoms with Crippen LogP contribution >= 0.6 is 0 Å². The van der Waals surface area contributed by atoms with Crippen molar-refractivity contribution in [3.8, 4) is 0 Å². The highest BCUT2D eigenvalue weighted by atomic mass is 16.5. The predicted octanol–water partition coefficient (Wildman–Crippen LogP) is 4.17. The van der Waals surface area contributed by atoms with Crippen molar-refractivity contribution < 1.29 is 13.7 Å². The van der Waals surface area contributed by atoms with E-state index in [2.05, 4.69) is 29.5 Å². The molecule has 5 nitrogen and oxygen atoms in total. The Hall–Kier alpha value is -2.82. The van der Waals surface area contributed by atoms with Gasteiger partial charge in [-0.15, -0.1) is 0 Å². The quantitative estimate of drug-likeness (QED) is 0.669. The van der Waals surface area contributed by atoms with Crippen molar-refractivity contribution in [3.63, 3.8) is 0 Å². The van der Waals surface area contributed by atoms with Gasteiger partial charge in [0.05, 0.1) is 6.26 Å². The number of carbonyl (C=O) groups is 1. The van der Waals surface area contributed by atoms with Gasteiger partial charge < -0.3 is 14.3 Å². The summed E-state index contributed by atoms with van der Waals surface area (Å²) in [6, 6.07) is 15.7. The summed E-state index contributed by atoms with van der Waals surface area (Å²) in [4.78, 5) is 12.2. The fourth-order valence-electron chi connectivity index (χ4n) is 2.85. The summed E-state index contributed by atoms with van der Waals surface area (Å²) in [5.41, 5.74) is 1.50. The number of benzene rings is 1. The molecule has 3 rings (SSSR count). The maximum absolute atomic E-state index is 12.2. The Balaban J connectivity index is 1.60. The Morgan fingerprint density at radius 2 is 2.04 bits per heavy atom. The number of hydrogen-bond acceptors (Lipinski definition) is 4. The van der Waals surface area contributed by atoms with Gasteiger partial charge in [0.2, 0.25) is 0 Å². The molecule has 1 amide bonds. The maximum atomic E-state index is 12.2. The molecule has 0 saturated carbocycles. The third-order valence-electron chi connectivity index (χ3n) is 4.10. The van der Waals surface area contributed by atoms with Crippen molar-refractivity contribution >= 4 is 5.91 Å². The molecule has 0 aliphatic heterocycles. The predicted molar refractivity (Wildman–Crippen MR) is 94.4 cm³/mol. The number of rotatable bonds is 8. The van der Waals surface area contributed by atoms with E-state index in [1.807, 2.05) is 30.3 Å². The number of amides is 1. The van der Waals surface area contributed by atoms with Crippen LogP contribution in [0.3, 0.4) is 0 Å². The van der Waals surface area contributed by atoms with Gasteiger partial charge in [-0.25, -0.2) is 0 Å². The SMILES string of the molecule is CCCc1cc(C(=O)NCC[C@@H](c2ccccc2)c2ccco2)no1. The van der Waals surface area contributed by atoms with Crippen LogP contribution in [0, 0.1) is 0 Å². The Morgan fingerprint density at radius 1 is 1.20 bits per heavy atom. The summed E-state index contributed by atoms with van der Waals surface area (Å²) < 4.78 is 10.7. The summed E-state index contributed by atoms with van der Waals surface area (Å²) in [6.45, 7) is 2.58. The molecule has 0 fully saturated rings. The number of aryl methyl sites for hydroxylation is 1. The van der Waals surface area contributed by atoms with Crippen LogP contribution in [0.15, 0.2) is 63.7 Å². The van der Waals surface area contributed by atoms with E-state index in [0.29, 0.717) is 12.2 Å². The van der Waals surface area contributed by atoms with E-state index in [9.17, 15) is 4.79 Å². The zero-order valence-electron chi connectivity index (χ0n) is 14.3. The molecule has 5 heteroatoms. The van der Waals surface area contributed by atoms with Gasteiger partial charge in [0.1, 0.15) is 11.5 Å². The van der Waals surface area contributed by atoms with Crippen molar-refractivity contribution in [3.05, 3.63) is 77.6 Å². The second kappa shape index (κ2) is 8.33. The lowest BCUT2D eigenvalue weighted by Crippen LogP contribution is -2.26. The molecule has 2 aromatic heterocycles. The number of aromatic nitrogens is 1. The van der Waals surface area contributed by atoms with Gasteiger partial charge in [-0.05, 0) is 30.5 Å². The average Bonchev–Trinajstić information content (AvgIpc) is 3.32. The first-order chi connectivity index (χ1) is 12.3. The van der Waals surface area contributed by atoms with E-state index >= 15 is 0 Å². The first-order valence-corrected chi connectivity index (χ1v) is 8.60. The Morgan fingerprint density at radius 3 is 2.76 bits per heavy atom. The van der Waals surface area contributed by atoms with E-state index in [0.717, 1.165) is 30.8 Å². The summed E-state index contributed by atoms with van der Waals surface area (Å²) in [7, 11) is 0. The van der Waals surface area contributed by atoms with E-state index in [-0.39, 0.29) is 11.8 Å². The monoisotopic (exact) mass is 338 g/mol. The van der Waals surface area contributed by atoms with Gasteiger partial charge in [0.25, 0.3) is 5.91 Å². The number of nitrogens with zero attached hydrogens (tertiary/aromatic N) is 1. The standard InChI is InChI=1S/C20H22N2O3/c1-2-7-16-14-18(22-25-16)20(23)21-12-11-17(19-10-6-13-24-19)15-8-4-3-5-9-15/h3-6,8-10,13-14,17H,2,7,11-12H2,1H3,(H,21,23)/t17-/m0/s1. The molecular formula is C20H22N2O3. The second-order valence-corrected chi connectivity index (χ2v) is 5.95. The molecule has 0 spiro atoms. The largest absolute Gasteiger partial charge is 0.469 e. The topological polar surface area (TPSA) is 68.3 Å². The maximum Gasteiger partial charge on any atom is 0.273 e. The summed E-state index contributed by atoms with van der Waals surface area (Å²) >= 11 is 0. The first kappa shape index (κ1) is 17.0. The number of hydrogen-bond donors (Lipinski definition) is 1. The van der Waals surface area contributed by atoms with E-state index in [1.165, 1.54) is 5.56 Å². The van der Waals surface area contributed by atoms with Gasteiger partial charge in [-0.3, -0.25) is 4.79 Å². The van der Waals surface area contributed by atoms with E-state index < -0.39 is 0 Å². The van der Waals surface area contributed by atoms with Crippen LogP contribution in [-0.2, 0) is 6.42 Å². The molecule has 0 aliphatic rings. The van der Waals surface area contributed by atoms with Crippen molar-refractivity contribution in [2.75, 3.05) is 6.54 Å². The average molecular weight is 338 g/mol. The van der Waals surface area contributed by atoms with Gasteiger partial charge in [-0.1, -0.05) is 42.4 Å². The highest BCUT2D eigenvalue weighted by Gasteiger charge is 2.18. The van der Waals surface area contributed by atoms with Gasteiger partial charge in [0.15, 0.2) is 5.69 Å². The highest BCUT2D eigenvalue weighted by Crippen LogP contribution is 2.27. The van der Waals surface area contributed by atoms with Crippen LogP contribution < -0.4 is 5.32 Å². The third kappa shape index (κ3) is 4.38. The van der Waals surface area contributed by atoms with Crippen LogP contribution in [0.1, 0.15) is 53.3 Å². The van der Waals surface area contributed by atoms with E-state index in [4.69, 9.17) is 8.94 Å². The molecule has 0 saturated heterocycles. The second-order valence-electron chi connectivity index (χ2n) is 5.95. The van der Waals surface area contributed by atoms with Crippen LogP contribution in [-0.4, -0.2) is 17.6 Å². The van der Waals surface area contributed by atoms with E-state index in [1.54, 1.807) is 12.3 Å². The highest BCUT2D eigenvalue weighted by molar-refractivity contribution is 5.92. The van der Waals surface area contributed by atoms with Crippen LogP contribution in [0.25, 0.3) is 0 Å². The number of nitrogens with one attached hydrogen (secondary N) is 1. The Kier molecular flexibility index (Phi) is 5.67. The zero-order valence-corrected chi connectivity index (χ0v) is 14.3. The Bertz CT molecular complexity index is 778. The van der Waals surface area contributed by atoms with Crippen LogP contribution in [0.5, 0.6) is 0 Å². The summed E-state index contributed by atoms with van der Waals surface area (Å²) in [5, 5.41) is 6.75. The minimum Gasteiger partial charge on any atom is -0.469 e. The third-order valence-corrected chi connectivity index (χ3v) is 4.10. The molecule has 1 aromatic carbocycles. The lowest BCUT2D eigenvalue weighted by molar-refractivity contribution is 0.0943. The van der Waals surface area contributed by atoms with Gasteiger partial charge in [-0.2, -0.15) is 0 Å². The van der Waals surface area contributed by atoms with Crippen LogP contribution in [0.2, 0.25) is 0 Å². The molecular weight excluding hydrogens is 316 g/mol. The molecule has 0 unspecified atom stereocenters. The molecule has 130 valence electrons. The van der Waals surface area contributed by atoms with Crippen molar-refractivity contribution in [2.45, 2.75) is 32.1 Å². The number of carbonyl (C=O) groups excluding carboxylic acids is 1. The molecule has 0 bridgehead atoms. The van der Waals surface area contributed by atoms with Crippen molar-refractivity contribution in [2.24, 2.45) is 0 Å². The smallest absolute Gasteiger partial charge is 0.273 e. The van der Waals surface area contributed by atoms with Crippen LogP contribution in [0.4, 0.5) is 0 Å². The molecule has 1 atom stereocenters. The molecule has 0 aliphatic carbocycles. The minimum absolute atomic E-state index is 0.101. The molecule has 25 heavy (non-hydrogen) atoms. The Labute approximate surface area is 147 Å². The summed E-state index contributed by atoms with van der Waals surface area (Å²) in [5.74, 6) is 1.53. The van der Waals surface area contributed by atoms with Gasteiger partial charge >= 0.3 is 0 Å². The molecule has 1 N–H and O–H groups in total.